The molecule has 0 amide bonds. The van der Waals surface area contributed by atoms with Crippen molar-refractivity contribution in [3.8, 4) is 0 Å². The summed E-state index contributed by atoms with van der Waals surface area (Å²) in [6.07, 6.45) is -4.35. The molecule has 2 rings (SSSR count). The summed E-state index contributed by atoms with van der Waals surface area (Å²) in [5.74, 6) is -2.50. The first kappa shape index (κ1) is 24.7. The Morgan fingerprint density at radius 2 is 1.39 bits per heavy atom. The lowest BCUT2D eigenvalue weighted by Crippen LogP contribution is -2.61. The Hall–Kier alpha value is -2.59. The van der Waals surface area contributed by atoms with Crippen molar-refractivity contribution in [2.45, 2.75) is 69.4 Å². The molecule has 5 atom stereocenters. The van der Waals surface area contributed by atoms with Crippen molar-refractivity contribution >= 4 is 35.6 Å². The molecule has 0 saturated carbocycles. The molecule has 1 aromatic carbocycles. The maximum absolute atomic E-state index is 11.8. The summed E-state index contributed by atoms with van der Waals surface area (Å²) in [5, 5.41) is 0. The van der Waals surface area contributed by atoms with E-state index in [1.807, 2.05) is 31.2 Å². The quantitative estimate of drug-likeness (QED) is 0.448. The molecule has 1 saturated heterocycles. The maximum Gasteiger partial charge on any atom is 0.303 e. The standard InChI is InChI=1S/C21H26O9S/c1-11-8-6-7-9-17(11)31-21-20(29-15(5)25)19(28-14(4)24)18(27-13(3)23)16(30-21)10-26-12(2)22/h6-9,16,18-21H,10H2,1-5H3. The van der Waals surface area contributed by atoms with Gasteiger partial charge in [0.25, 0.3) is 0 Å². The summed E-state index contributed by atoms with van der Waals surface area (Å²) in [5.41, 5.74) is 0.127. The van der Waals surface area contributed by atoms with Crippen molar-refractivity contribution in [1.29, 1.82) is 0 Å². The van der Waals surface area contributed by atoms with Crippen LogP contribution in [-0.2, 0) is 42.9 Å². The Morgan fingerprint density at radius 1 is 0.839 bits per heavy atom. The molecule has 1 aliphatic heterocycles. The van der Waals surface area contributed by atoms with Gasteiger partial charge in [0.1, 0.15) is 18.1 Å². The summed E-state index contributed by atoms with van der Waals surface area (Å²) in [7, 11) is 0. The summed E-state index contributed by atoms with van der Waals surface area (Å²) in [6.45, 7) is 6.48. The van der Waals surface area contributed by atoms with Crippen LogP contribution in [0.1, 0.15) is 33.3 Å². The number of hydrogen-bond acceptors (Lipinski definition) is 10. The zero-order chi connectivity index (χ0) is 23.1. The molecular formula is C21H26O9S. The number of thioether (sulfide) groups is 1. The second-order valence-electron chi connectivity index (χ2n) is 6.95. The number of carbonyl (C=O) groups is 4. The molecule has 31 heavy (non-hydrogen) atoms. The van der Waals surface area contributed by atoms with E-state index >= 15 is 0 Å². The van der Waals surface area contributed by atoms with Crippen LogP contribution in [0.5, 0.6) is 0 Å². The molecule has 0 aromatic heterocycles. The van der Waals surface area contributed by atoms with Gasteiger partial charge < -0.3 is 23.7 Å². The van der Waals surface area contributed by atoms with Crippen molar-refractivity contribution < 1.29 is 42.9 Å². The van der Waals surface area contributed by atoms with Gasteiger partial charge in [-0.1, -0.05) is 30.0 Å². The SMILES string of the molecule is CC(=O)OCC1OC(Sc2ccccc2C)C(OC(C)=O)C(OC(C)=O)C1OC(C)=O. The van der Waals surface area contributed by atoms with Gasteiger partial charge in [-0.15, -0.1) is 0 Å². The summed E-state index contributed by atoms with van der Waals surface area (Å²) in [6, 6.07) is 7.51. The molecule has 1 heterocycles. The largest absolute Gasteiger partial charge is 0.463 e. The van der Waals surface area contributed by atoms with Crippen LogP contribution in [0.2, 0.25) is 0 Å². The van der Waals surface area contributed by atoms with E-state index in [0.717, 1.165) is 10.5 Å². The van der Waals surface area contributed by atoms with Crippen LogP contribution in [0.25, 0.3) is 0 Å². The van der Waals surface area contributed by atoms with Gasteiger partial charge in [-0.05, 0) is 18.6 Å². The number of aryl methyl sites for hydroxylation is 1. The number of hydrogen-bond donors (Lipinski definition) is 0. The first-order chi connectivity index (χ1) is 14.6. The Bertz CT molecular complexity index is 825. The second-order valence-corrected chi connectivity index (χ2v) is 8.09. The average Bonchev–Trinajstić information content (AvgIpc) is 2.65. The highest BCUT2D eigenvalue weighted by molar-refractivity contribution is 7.99. The van der Waals surface area contributed by atoms with E-state index in [1.54, 1.807) is 0 Å². The van der Waals surface area contributed by atoms with Gasteiger partial charge in [-0.25, -0.2) is 0 Å². The van der Waals surface area contributed by atoms with Gasteiger partial charge in [0.05, 0.1) is 0 Å². The van der Waals surface area contributed by atoms with E-state index in [9.17, 15) is 19.2 Å². The maximum atomic E-state index is 11.8. The Kier molecular flexibility index (Phi) is 8.88. The van der Waals surface area contributed by atoms with E-state index in [4.69, 9.17) is 23.7 Å². The van der Waals surface area contributed by atoms with Crippen molar-refractivity contribution in [3.63, 3.8) is 0 Å². The predicted octanol–water partition coefficient (Wildman–Crippen LogP) is 2.17. The van der Waals surface area contributed by atoms with Crippen LogP contribution >= 0.6 is 11.8 Å². The molecule has 1 aromatic rings. The predicted molar refractivity (Wildman–Crippen MR) is 109 cm³/mol. The van der Waals surface area contributed by atoms with Gasteiger partial charge in [-0.3, -0.25) is 19.2 Å². The lowest BCUT2D eigenvalue weighted by Gasteiger charge is -2.44. The molecule has 10 heteroatoms. The highest BCUT2D eigenvalue weighted by Crippen LogP contribution is 2.38. The van der Waals surface area contributed by atoms with E-state index in [-0.39, 0.29) is 6.61 Å². The molecule has 0 radical (unpaired) electrons. The van der Waals surface area contributed by atoms with Crippen molar-refractivity contribution in [2.75, 3.05) is 6.61 Å². The average molecular weight is 454 g/mol. The third-order valence-electron chi connectivity index (χ3n) is 4.28. The summed E-state index contributed by atoms with van der Waals surface area (Å²) in [4.78, 5) is 47.6. The molecule has 0 spiro atoms. The molecule has 0 N–H and O–H groups in total. The van der Waals surface area contributed by atoms with Crippen LogP contribution in [0, 0.1) is 6.92 Å². The van der Waals surface area contributed by atoms with Crippen molar-refractivity contribution in [3.05, 3.63) is 29.8 Å². The zero-order valence-electron chi connectivity index (χ0n) is 18.0. The van der Waals surface area contributed by atoms with E-state index in [1.165, 1.54) is 39.5 Å². The third kappa shape index (κ3) is 7.25. The Balaban J connectivity index is 2.46. The summed E-state index contributed by atoms with van der Waals surface area (Å²) >= 11 is 1.26. The third-order valence-corrected chi connectivity index (χ3v) is 5.61. The zero-order valence-corrected chi connectivity index (χ0v) is 18.8. The lowest BCUT2D eigenvalue weighted by molar-refractivity contribution is -0.237. The highest BCUT2D eigenvalue weighted by atomic mass is 32.2. The fourth-order valence-corrected chi connectivity index (χ4v) is 4.30. The van der Waals surface area contributed by atoms with Crippen LogP contribution in [-0.4, -0.2) is 60.3 Å². The van der Waals surface area contributed by atoms with Crippen LogP contribution < -0.4 is 0 Å². The first-order valence-electron chi connectivity index (χ1n) is 9.61. The molecule has 170 valence electrons. The fourth-order valence-electron chi connectivity index (χ4n) is 3.10. The minimum Gasteiger partial charge on any atom is -0.463 e. The van der Waals surface area contributed by atoms with Gasteiger partial charge in [0, 0.05) is 32.6 Å². The highest BCUT2D eigenvalue weighted by Gasteiger charge is 2.52. The van der Waals surface area contributed by atoms with Gasteiger partial charge in [-0.2, -0.15) is 0 Å². The lowest BCUT2D eigenvalue weighted by atomic mass is 9.99. The molecule has 1 fully saturated rings. The van der Waals surface area contributed by atoms with Crippen molar-refractivity contribution in [1.82, 2.24) is 0 Å². The minimum atomic E-state index is -1.17. The van der Waals surface area contributed by atoms with Crippen LogP contribution in [0.3, 0.4) is 0 Å². The van der Waals surface area contributed by atoms with Gasteiger partial charge in [0.15, 0.2) is 18.3 Å². The molecule has 5 unspecified atom stereocenters. The Labute approximate surface area is 184 Å². The number of ether oxygens (including phenoxy) is 5. The van der Waals surface area contributed by atoms with E-state index in [2.05, 4.69) is 0 Å². The van der Waals surface area contributed by atoms with Gasteiger partial charge in [0.2, 0.25) is 0 Å². The van der Waals surface area contributed by atoms with Crippen molar-refractivity contribution in [2.24, 2.45) is 0 Å². The minimum absolute atomic E-state index is 0.247. The smallest absolute Gasteiger partial charge is 0.303 e. The first-order valence-corrected chi connectivity index (χ1v) is 10.5. The normalized spacial score (nSPS) is 25.3. The summed E-state index contributed by atoms with van der Waals surface area (Å²) < 4.78 is 27.4. The number of esters is 4. The van der Waals surface area contributed by atoms with Gasteiger partial charge >= 0.3 is 23.9 Å². The molecule has 1 aliphatic rings. The fraction of sp³-hybridized carbons (Fsp3) is 0.524. The molecule has 0 bridgehead atoms. The second kappa shape index (κ2) is 11.1. The Morgan fingerprint density at radius 3 is 1.94 bits per heavy atom. The number of carbonyl (C=O) groups excluding carboxylic acids is 4. The van der Waals surface area contributed by atoms with Crippen LogP contribution in [0.15, 0.2) is 29.2 Å². The molecule has 0 aliphatic carbocycles. The van der Waals surface area contributed by atoms with E-state index < -0.39 is 53.7 Å². The monoisotopic (exact) mass is 454 g/mol. The van der Waals surface area contributed by atoms with Crippen LogP contribution in [0.4, 0.5) is 0 Å². The number of rotatable bonds is 7. The number of benzene rings is 1. The molecule has 9 nitrogen and oxygen atoms in total. The molecular weight excluding hydrogens is 428 g/mol. The topological polar surface area (TPSA) is 114 Å². The van der Waals surface area contributed by atoms with E-state index in [0.29, 0.717) is 0 Å².